The van der Waals surface area contributed by atoms with Gasteiger partial charge in [0.15, 0.2) is 0 Å². The normalized spacial score (nSPS) is 11.0. The van der Waals surface area contributed by atoms with Crippen LogP contribution in [0.1, 0.15) is 5.56 Å². The van der Waals surface area contributed by atoms with Crippen molar-refractivity contribution in [3.63, 3.8) is 0 Å². The summed E-state index contributed by atoms with van der Waals surface area (Å²) < 4.78 is 0.344. The third-order valence-electron chi connectivity index (χ3n) is 2.92. The largest absolute Gasteiger partial charge is 0.505 e. The molecule has 2 aromatic carbocycles. The molecule has 0 aliphatic heterocycles. The first-order valence-corrected chi connectivity index (χ1v) is 8.31. The maximum Gasteiger partial charge on any atom is 0.266 e. The molecule has 0 heterocycles. The third-order valence-corrected chi connectivity index (χ3v) is 4.63. The van der Waals surface area contributed by atoms with Gasteiger partial charge in [-0.3, -0.25) is 4.79 Å². The molecule has 0 spiro atoms. The Hall–Kier alpha value is -1.71. The molecule has 0 atom stereocenters. The molecular formula is C16H8BrCl3N2O2. The van der Waals surface area contributed by atoms with Gasteiger partial charge in [-0.25, -0.2) is 0 Å². The second kappa shape index (κ2) is 7.91. The molecule has 0 saturated carbocycles. The number of anilines is 1. The maximum absolute atomic E-state index is 12.3. The van der Waals surface area contributed by atoms with E-state index in [1.807, 2.05) is 6.07 Å². The first kappa shape index (κ1) is 18.6. The Kier molecular flexibility index (Phi) is 6.14. The van der Waals surface area contributed by atoms with Crippen LogP contribution in [0.5, 0.6) is 5.75 Å². The molecule has 0 aliphatic carbocycles. The summed E-state index contributed by atoms with van der Waals surface area (Å²) in [7, 11) is 0. The number of nitriles is 1. The zero-order valence-electron chi connectivity index (χ0n) is 11.8. The lowest BCUT2D eigenvalue weighted by Crippen LogP contribution is -2.13. The van der Waals surface area contributed by atoms with Crippen LogP contribution in [0.4, 0.5) is 5.69 Å². The van der Waals surface area contributed by atoms with Gasteiger partial charge in [0, 0.05) is 0 Å². The fourth-order valence-electron chi connectivity index (χ4n) is 1.77. The average Bonchev–Trinajstić information content (AvgIpc) is 2.54. The van der Waals surface area contributed by atoms with Crippen molar-refractivity contribution in [2.24, 2.45) is 0 Å². The molecule has 4 nitrogen and oxygen atoms in total. The second-order valence-electron chi connectivity index (χ2n) is 4.56. The Morgan fingerprint density at radius 1 is 1.25 bits per heavy atom. The summed E-state index contributed by atoms with van der Waals surface area (Å²) >= 11 is 20.9. The quantitative estimate of drug-likeness (QED) is 0.472. The minimum absolute atomic E-state index is 0.0891. The highest BCUT2D eigenvalue weighted by Gasteiger charge is 2.13. The molecule has 0 aliphatic rings. The van der Waals surface area contributed by atoms with E-state index in [1.54, 1.807) is 18.2 Å². The molecule has 0 aromatic heterocycles. The van der Waals surface area contributed by atoms with Gasteiger partial charge in [0.05, 0.1) is 25.2 Å². The van der Waals surface area contributed by atoms with E-state index in [0.717, 1.165) is 0 Å². The molecule has 2 aromatic rings. The van der Waals surface area contributed by atoms with Gasteiger partial charge in [-0.1, -0.05) is 40.9 Å². The molecule has 0 fully saturated rings. The van der Waals surface area contributed by atoms with E-state index in [2.05, 4.69) is 21.2 Å². The van der Waals surface area contributed by atoms with Gasteiger partial charge < -0.3 is 10.4 Å². The number of halogens is 4. The van der Waals surface area contributed by atoms with Crippen molar-refractivity contribution >= 4 is 68.4 Å². The summed E-state index contributed by atoms with van der Waals surface area (Å²) in [5.41, 5.74) is 0.591. The van der Waals surface area contributed by atoms with Gasteiger partial charge in [0.1, 0.15) is 17.4 Å². The van der Waals surface area contributed by atoms with E-state index in [1.165, 1.54) is 18.2 Å². The van der Waals surface area contributed by atoms with Gasteiger partial charge >= 0.3 is 0 Å². The minimum atomic E-state index is -0.651. The van der Waals surface area contributed by atoms with E-state index in [0.29, 0.717) is 15.7 Å². The summed E-state index contributed by atoms with van der Waals surface area (Å²) in [5.74, 6) is -0.774. The molecule has 1 amide bonds. The number of hydrogen-bond acceptors (Lipinski definition) is 3. The highest BCUT2D eigenvalue weighted by Crippen LogP contribution is 2.34. The van der Waals surface area contributed by atoms with Crippen LogP contribution >= 0.6 is 50.7 Å². The zero-order chi connectivity index (χ0) is 17.9. The molecular weight excluding hydrogens is 438 g/mol. The Morgan fingerprint density at radius 2 is 1.96 bits per heavy atom. The summed E-state index contributed by atoms with van der Waals surface area (Å²) in [5, 5.41) is 21.9. The fourth-order valence-corrected chi connectivity index (χ4v) is 2.94. The number of phenolic OH excluding ortho intramolecular Hbond substituents is 1. The van der Waals surface area contributed by atoms with Crippen molar-refractivity contribution < 1.29 is 9.90 Å². The van der Waals surface area contributed by atoms with Crippen LogP contribution in [0.25, 0.3) is 6.08 Å². The van der Waals surface area contributed by atoms with Crippen LogP contribution in [0, 0.1) is 11.3 Å². The smallest absolute Gasteiger partial charge is 0.266 e. The number of carbonyl (C=O) groups excluding carboxylic acids is 1. The number of aromatic hydroxyl groups is 1. The van der Waals surface area contributed by atoms with Crippen molar-refractivity contribution in [3.05, 3.63) is 61.0 Å². The van der Waals surface area contributed by atoms with Gasteiger partial charge in [-0.05, 0) is 51.8 Å². The van der Waals surface area contributed by atoms with Crippen LogP contribution < -0.4 is 5.32 Å². The van der Waals surface area contributed by atoms with Crippen molar-refractivity contribution in [2.75, 3.05) is 5.32 Å². The number of hydrogen-bond donors (Lipinski definition) is 2. The highest BCUT2D eigenvalue weighted by atomic mass is 79.9. The molecule has 2 N–H and O–H groups in total. The number of rotatable bonds is 3. The summed E-state index contributed by atoms with van der Waals surface area (Å²) in [6, 6.07) is 9.53. The molecule has 122 valence electrons. The monoisotopic (exact) mass is 444 g/mol. The highest BCUT2D eigenvalue weighted by molar-refractivity contribution is 9.10. The summed E-state index contributed by atoms with van der Waals surface area (Å²) in [4.78, 5) is 12.3. The Labute approximate surface area is 161 Å². The average molecular weight is 447 g/mol. The lowest BCUT2D eigenvalue weighted by Gasteiger charge is -2.08. The van der Waals surface area contributed by atoms with Crippen molar-refractivity contribution in [2.45, 2.75) is 0 Å². The van der Waals surface area contributed by atoms with Gasteiger partial charge in [-0.15, -0.1) is 0 Å². The van der Waals surface area contributed by atoms with Crippen LogP contribution in [-0.4, -0.2) is 11.0 Å². The van der Waals surface area contributed by atoms with Gasteiger partial charge in [0.25, 0.3) is 5.91 Å². The molecule has 0 bridgehead atoms. The number of nitrogens with one attached hydrogen (secondary N) is 1. The Morgan fingerprint density at radius 3 is 2.58 bits per heavy atom. The predicted molar refractivity (Wildman–Crippen MR) is 99.5 cm³/mol. The van der Waals surface area contributed by atoms with Crippen molar-refractivity contribution in [3.8, 4) is 11.8 Å². The van der Waals surface area contributed by atoms with Crippen LogP contribution in [0.15, 0.2) is 40.4 Å². The van der Waals surface area contributed by atoms with Gasteiger partial charge in [0.2, 0.25) is 0 Å². The molecule has 24 heavy (non-hydrogen) atoms. The van der Waals surface area contributed by atoms with E-state index < -0.39 is 5.91 Å². The van der Waals surface area contributed by atoms with E-state index in [4.69, 9.17) is 34.8 Å². The van der Waals surface area contributed by atoms with Gasteiger partial charge in [-0.2, -0.15) is 5.26 Å². The van der Waals surface area contributed by atoms with E-state index in [9.17, 15) is 15.2 Å². The van der Waals surface area contributed by atoms with E-state index in [-0.39, 0.29) is 26.4 Å². The molecule has 0 radical (unpaired) electrons. The van der Waals surface area contributed by atoms with Crippen LogP contribution in [-0.2, 0) is 4.79 Å². The van der Waals surface area contributed by atoms with Crippen molar-refractivity contribution in [1.29, 1.82) is 5.26 Å². The summed E-state index contributed by atoms with van der Waals surface area (Å²) in [6.07, 6.45) is 1.34. The lowest BCUT2D eigenvalue weighted by molar-refractivity contribution is -0.112. The number of benzene rings is 2. The second-order valence-corrected chi connectivity index (χ2v) is 6.61. The molecule has 0 saturated heterocycles. The Balaban J connectivity index is 2.33. The first-order chi connectivity index (χ1) is 11.3. The lowest BCUT2D eigenvalue weighted by atomic mass is 10.1. The summed E-state index contributed by atoms with van der Waals surface area (Å²) in [6.45, 7) is 0. The maximum atomic E-state index is 12.3. The van der Waals surface area contributed by atoms with Crippen molar-refractivity contribution in [1.82, 2.24) is 0 Å². The SMILES string of the molecule is N#C/C(=C/c1cc(Cl)c(O)c(Br)c1)C(=O)Nc1cccc(Cl)c1Cl. The molecule has 8 heteroatoms. The number of carbonyl (C=O) groups is 1. The molecule has 2 rings (SSSR count). The standard InChI is InChI=1S/C16H8BrCl3N2O2/c17-10-5-8(6-12(19)15(10)23)4-9(7-21)16(24)22-13-3-1-2-11(18)14(13)20/h1-6,23H,(H,22,24)/b9-4-. The third kappa shape index (κ3) is 4.22. The molecule has 0 unspecified atom stereocenters. The topological polar surface area (TPSA) is 73.1 Å². The number of amides is 1. The predicted octanol–water partition coefficient (Wildman–Crippen LogP) is 5.66. The fraction of sp³-hybridized carbons (Fsp3) is 0. The zero-order valence-corrected chi connectivity index (χ0v) is 15.6. The van der Waals surface area contributed by atoms with Crippen LogP contribution in [0.3, 0.4) is 0 Å². The minimum Gasteiger partial charge on any atom is -0.505 e. The van der Waals surface area contributed by atoms with E-state index >= 15 is 0 Å². The number of phenols is 1. The Bertz CT molecular complexity index is 868. The first-order valence-electron chi connectivity index (χ1n) is 6.38. The van der Waals surface area contributed by atoms with Crippen LogP contribution in [0.2, 0.25) is 15.1 Å². The number of nitrogens with zero attached hydrogens (tertiary/aromatic N) is 1.